The van der Waals surface area contributed by atoms with Crippen LogP contribution in [0.2, 0.25) is 5.02 Å². The van der Waals surface area contributed by atoms with Crippen LogP contribution in [-0.4, -0.2) is 16.3 Å². The van der Waals surface area contributed by atoms with Crippen LogP contribution in [0.5, 0.6) is 5.75 Å². The van der Waals surface area contributed by atoms with Crippen molar-refractivity contribution in [2.75, 3.05) is 0 Å². The number of alkyl halides is 3. The largest absolute Gasteiger partial charge is 0.482 e. The normalized spacial score (nSPS) is 12.8. The molecule has 0 amide bonds. The molecule has 0 bridgehead atoms. The number of nitrogens with zero attached hydrogens (tertiary/aromatic N) is 1. The highest BCUT2D eigenvalue weighted by Gasteiger charge is 2.31. The molecule has 1 atom stereocenters. The molecule has 23 heavy (non-hydrogen) atoms. The molecule has 122 valence electrons. The summed E-state index contributed by atoms with van der Waals surface area (Å²) in [5, 5.41) is -0.751. The summed E-state index contributed by atoms with van der Waals surface area (Å²) in [5.41, 5.74) is -0.186. The second-order valence-corrected chi connectivity index (χ2v) is 5.42. The molecule has 8 heteroatoms. The molecule has 1 heterocycles. The van der Waals surface area contributed by atoms with Crippen LogP contribution < -0.4 is 4.74 Å². The van der Waals surface area contributed by atoms with Gasteiger partial charge in [-0.3, -0.25) is 9.78 Å². The van der Waals surface area contributed by atoms with Crippen molar-refractivity contribution in [3.05, 3.63) is 47.1 Å². The SMILES string of the molecule is C[C@@H](Oc1ccc(-c2ncc(C(F)(F)F)cc2Cl)cc1)C(=O)Cl. The van der Waals surface area contributed by atoms with Gasteiger partial charge in [0.1, 0.15) is 5.75 Å². The molecule has 0 radical (unpaired) electrons. The molecule has 0 N–H and O–H groups in total. The minimum atomic E-state index is -4.50. The van der Waals surface area contributed by atoms with E-state index in [2.05, 4.69) is 4.98 Å². The fourth-order valence-electron chi connectivity index (χ4n) is 1.75. The number of rotatable bonds is 4. The second-order valence-electron chi connectivity index (χ2n) is 4.64. The number of pyridine rings is 1. The molecule has 0 spiro atoms. The Morgan fingerprint density at radius 2 is 1.87 bits per heavy atom. The van der Waals surface area contributed by atoms with Crippen LogP contribution in [0.15, 0.2) is 36.5 Å². The molecule has 2 rings (SSSR count). The Bertz CT molecular complexity index is 718. The lowest BCUT2D eigenvalue weighted by Crippen LogP contribution is -2.18. The lowest BCUT2D eigenvalue weighted by atomic mass is 10.1. The van der Waals surface area contributed by atoms with Crippen LogP contribution in [0.3, 0.4) is 0 Å². The van der Waals surface area contributed by atoms with Gasteiger partial charge in [-0.25, -0.2) is 0 Å². The fraction of sp³-hybridized carbons (Fsp3) is 0.200. The summed E-state index contributed by atoms with van der Waals surface area (Å²) in [7, 11) is 0. The summed E-state index contributed by atoms with van der Waals surface area (Å²) in [5.74, 6) is 0.387. The van der Waals surface area contributed by atoms with Gasteiger partial charge >= 0.3 is 6.18 Å². The molecule has 0 saturated heterocycles. The first-order chi connectivity index (χ1) is 10.7. The summed E-state index contributed by atoms with van der Waals surface area (Å²) >= 11 is 11.2. The minimum Gasteiger partial charge on any atom is -0.482 e. The van der Waals surface area contributed by atoms with E-state index in [-0.39, 0.29) is 10.7 Å². The summed E-state index contributed by atoms with van der Waals surface area (Å²) in [6.45, 7) is 1.50. The predicted molar refractivity (Wildman–Crippen MR) is 80.6 cm³/mol. The van der Waals surface area contributed by atoms with E-state index in [1.807, 2.05) is 0 Å². The van der Waals surface area contributed by atoms with Crippen molar-refractivity contribution < 1.29 is 22.7 Å². The van der Waals surface area contributed by atoms with Crippen molar-refractivity contribution in [2.45, 2.75) is 19.2 Å². The zero-order valence-electron chi connectivity index (χ0n) is 11.7. The number of halogens is 5. The highest BCUT2D eigenvalue weighted by molar-refractivity contribution is 6.64. The van der Waals surface area contributed by atoms with E-state index in [1.54, 1.807) is 24.3 Å². The maximum Gasteiger partial charge on any atom is 0.417 e. The maximum atomic E-state index is 12.6. The zero-order chi connectivity index (χ0) is 17.2. The first-order valence-electron chi connectivity index (χ1n) is 6.37. The Balaban J connectivity index is 2.24. The molecular formula is C15H10Cl2F3NO2. The molecule has 0 fully saturated rings. The standard InChI is InChI=1S/C15H10Cl2F3NO2/c1-8(14(17)22)23-11-4-2-9(3-5-11)13-12(16)6-10(7-21-13)15(18,19)20/h2-8H,1H3/t8-/m1/s1. The lowest BCUT2D eigenvalue weighted by molar-refractivity contribution is -0.137. The zero-order valence-corrected chi connectivity index (χ0v) is 13.2. The van der Waals surface area contributed by atoms with Crippen LogP contribution in [0, 0.1) is 0 Å². The van der Waals surface area contributed by atoms with E-state index in [4.69, 9.17) is 27.9 Å². The van der Waals surface area contributed by atoms with Gasteiger partial charge in [-0.15, -0.1) is 0 Å². The van der Waals surface area contributed by atoms with Gasteiger partial charge in [0.2, 0.25) is 0 Å². The molecule has 0 aliphatic carbocycles. The Hall–Kier alpha value is -1.79. The predicted octanol–water partition coefficient (Wildman–Crippen LogP) is 4.95. The molecule has 2 aromatic rings. The Kier molecular flexibility index (Phi) is 5.16. The Morgan fingerprint density at radius 1 is 1.26 bits per heavy atom. The van der Waals surface area contributed by atoms with Gasteiger partial charge in [0.15, 0.2) is 6.10 Å². The van der Waals surface area contributed by atoms with Crippen LogP contribution in [-0.2, 0) is 11.0 Å². The van der Waals surface area contributed by atoms with Gasteiger partial charge < -0.3 is 4.74 Å². The highest BCUT2D eigenvalue weighted by atomic mass is 35.5. The number of ether oxygens (including phenoxy) is 1. The smallest absolute Gasteiger partial charge is 0.417 e. The van der Waals surface area contributed by atoms with Crippen molar-refractivity contribution in [3.63, 3.8) is 0 Å². The summed E-state index contributed by atoms with van der Waals surface area (Å²) < 4.78 is 43.0. The number of benzene rings is 1. The van der Waals surface area contributed by atoms with E-state index in [1.165, 1.54) is 6.92 Å². The quantitative estimate of drug-likeness (QED) is 0.721. The molecule has 3 nitrogen and oxygen atoms in total. The van der Waals surface area contributed by atoms with E-state index in [0.29, 0.717) is 11.3 Å². The van der Waals surface area contributed by atoms with Gasteiger partial charge in [0.05, 0.1) is 16.3 Å². The highest BCUT2D eigenvalue weighted by Crippen LogP contribution is 2.34. The third-order valence-electron chi connectivity index (χ3n) is 2.93. The summed E-state index contributed by atoms with van der Waals surface area (Å²) in [6, 6.07) is 7.05. The Labute approximate surface area is 140 Å². The van der Waals surface area contributed by atoms with Gasteiger partial charge in [0.25, 0.3) is 5.24 Å². The first kappa shape index (κ1) is 17.6. The van der Waals surface area contributed by atoms with E-state index in [9.17, 15) is 18.0 Å². The first-order valence-corrected chi connectivity index (χ1v) is 7.13. The van der Waals surface area contributed by atoms with Crippen molar-refractivity contribution >= 4 is 28.4 Å². The number of hydrogen-bond donors (Lipinski definition) is 0. The lowest BCUT2D eigenvalue weighted by Gasteiger charge is -2.12. The number of carbonyl (C=O) groups is 1. The number of carbonyl (C=O) groups excluding carboxylic acids is 1. The molecule has 0 aliphatic rings. The summed E-state index contributed by atoms with van der Waals surface area (Å²) in [6.07, 6.45) is -4.59. The molecule has 1 aromatic heterocycles. The van der Waals surface area contributed by atoms with Crippen LogP contribution in [0.25, 0.3) is 11.3 Å². The van der Waals surface area contributed by atoms with Crippen molar-refractivity contribution in [1.29, 1.82) is 0 Å². The molecule has 0 saturated carbocycles. The average Bonchev–Trinajstić information content (AvgIpc) is 2.47. The van der Waals surface area contributed by atoms with Gasteiger partial charge in [-0.05, 0) is 48.9 Å². The van der Waals surface area contributed by atoms with Crippen molar-refractivity contribution in [1.82, 2.24) is 4.98 Å². The molecule has 0 unspecified atom stereocenters. The van der Waals surface area contributed by atoms with E-state index < -0.39 is 23.1 Å². The van der Waals surface area contributed by atoms with Crippen LogP contribution >= 0.6 is 23.2 Å². The van der Waals surface area contributed by atoms with Crippen LogP contribution in [0.4, 0.5) is 13.2 Å². The number of aromatic nitrogens is 1. The van der Waals surface area contributed by atoms with Crippen molar-refractivity contribution in [3.8, 4) is 17.0 Å². The average molecular weight is 364 g/mol. The van der Waals surface area contributed by atoms with Crippen LogP contribution in [0.1, 0.15) is 12.5 Å². The van der Waals surface area contributed by atoms with Gasteiger partial charge in [-0.2, -0.15) is 13.2 Å². The number of hydrogen-bond acceptors (Lipinski definition) is 3. The second kappa shape index (κ2) is 6.76. The van der Waals surface area contributed by atoms with Gasteiger partial charge in [-0.1, -0.05) is 11.6 Å². The minimum absolute atomic E-state index is 0.113. The van der Waals surface area contributed by atoms with Crippen molar-refractivity contribution in [2.24, 2.45) is 0 Å². The topological polar surface area (TPSA) is 39.2 Å². The molecule has 0 aliphatic heterocycles. The third kappa shape index (κ3) is 4.36. The summed E-state index contributed by atoms with van der Waals surface area (Å²) in [4.78, 5) is 14.7. The monoisotopic (exact) mass is 363 g/mol. The van der Waals surface area contributed by atoms with Gasteiger partial charge in [0, 0.05) is 11.8 Å². The molecular weight excluding hydrogens is 354 g/mol. The molecule has 1 aromatic carbocycles. The maximum absolute atomic E-state index is 12.6. The third-order valence-corrected chi connectivity index (χ3v) is 3.52. The van der Waals surface area contributed by atoms with E-state index in [0.717, 1.165) is 12.3 Å². The van der Waals surface area contributed by atoms with E-state index >= 15 is 0 Å². The fourth-order valence-corrected chi connectivity index (χ4v) is 2.07. The Morgan fingerprint density at radius 3 is 2.35 bits per heavy atom.